The lowest BCUT2D eigenvalue weighted by atomic mass is 10.1. The van der Waals surface area contributed by atoms with Crippen molar-refractivity contribution in [1.82, 2.24) is 10.2 Å². The average Bonchev–Trinajstić information content (AvgIpc) is 2.77. The van der Waals surface area contributed by atoms with Gasteiger partial charge in [0.1, 0.15) is 11.9 Å². The van der Waals surface area contributed by atoms with Crippen molar-refractivity contribution >= 4 is 21.6 Å². The van der Waals surface area contributed by atoms with Crippen LogP contribution < -0.4 is 9.62 Å². The van der Waals surface area contributed by atoms with E-state index < -0.39 is 27.8 Å². The fraction of sp³-hybridized carbons (Fsp3) is 0.435. The maximum absolute atomic E-state index is 14.3. The number of carbonyl (C=O) groups is 1. The monoisotopic (exact) mass is 463 g/mol. The Balaban J connectivity index is 1.66. The molecule has 1 amide bonds. The minimum Gasteiger partial charge on any atom is -0.379 e. The Morgan fingerprint density at radius 1 is 1.12 bits per heavy atom. The van der Waals surface area contributed by atoms with Gasteiger partial charge in [-0.2, -0.15) is 0 Å². The number of hydrogen-bond acceptors (Lipinski definition) is 5. The van der Waals surface area contributed by atoms with Gasteiger partial charge < -0.3 is 10.1 Å². The summed E-state index contributed by atoms with van der Waals surface area (Å²) in [5.74, 6) is -1.17. The molecule has 2 aromatic rings. The Morgan fingerprint density at radius 2 is 1.75 bits per heavy atom. The summed E-state index contributed by atoms with van der Waals surface area (Å²) in [6.07, 6.45) is 1.17. The summed E-state index contributed by atoms with van der Waals surface area (Å²) >= 11 is 0. The molecule has 3 rings (SSSR count). The second-order valence-electron chi connectivity index (χ2n) is 7.86. The Bertz CT molecular complexity index is 1010. The van der Waals surface area contributed by atoms with Crippen LogP contribution in [0.3, 0.4) is 0 Å². The number of nitrogens with zero attached hydrogens (tertiary/aromatic N) is 2. The highest BCUT2D eigenvalue weighted by Crippen LogP contribution is 2.25. The van der Waals surface area contributed by atoms with Crippen LogP contribution in [-0.2, 0) is 32.6 Å². The number of para-hydroxylation sites is 1. The summed E-state index contributed by atoms with van der Waals surface area (Å²) in [7, 11) is -3.88. The van der Waals surface area contributed by atoms with Crippen molar-refractivity contribution in [3.63, 3.8) is 0 Å². The minimum atomic E-state index is -3.88. The summed E-state index contributed by atoms with van der Waals surface area (Å²) in [6, 6.07) is 12.4. The Kier molecular flexibility index (Phi) is 8.22. The second-order valence-corrected chi connectivity index (χ2v) is 9.72. The summed E-state index contributed by atoms with van der Waals surface area (Å²) in [5.41, 5.74) is 1.94. The molecule has 1 saturated heterocycles. The standard InChI is InChI=1S/C23H30FN3O4S/c1-3-21(27(32(2,29)30)22-7-5-4-6-20(22)24)23(28)25-16-18-8-10-19(11-9-18)17-26-12-14-31-15-13-26/h4-11,21H,3,12-17H2,1-2H3,(H,25,28)/t21-/m0/s1. The van der Waals surface area contributed by atoms with E-state index in [-0.39, 0.29) is 18.7 Å². The first-order valence-corrected chi connectivity index (χ1v) is 12.5. The second kappa shape index (κ2) is 10.9. The zero-order chi connectivity index (χ0) is 23.1. The smallest absolute Gasteiger partial charge is 0.244 e. The van der Waals surface area contributed by atoms with Crippen LogP contribution in [0, 0.1) is 5.82 Å². The third-order valence-corrected chi connectivity index (χ3v) is 6.58. The van der Waals surface area contributed by atoms with Crippen molar-refractivity contribution in [2.24, 2.45) is 0 Å². The van der Waals surface area contributed by atoms with Gasteiger partial charge in [0.15, 0.2) is 0 Å². The zero-order valence-corrected chi connectivity index (χ0v) is 19.3. The minimum absolute atomic E-state index is 0.135. The van der Waals surface area contributed by atoms with Gasteiger partial charge in [-0.25, -0.2) is 12.8 Å². The molecule has 1 aliphatic rings. The molecular weight excluding hydrogens is 433 g/mol. The lowest BCUT2D eigenvalue weighted by molar-refractivity contribution is -0.122. The number of rotatable bonds is 9. The van der Waals surface area contributed by atoms with Gasteiger partial charge in [-0.3, -0.25) is 14.0 Å². The number of amides is 1. The van der Waals surface area contributed by atoms with Crippen LogP contribution in [0.15, 0.2) is 48.5 Å². The van der Waals surface area contributed by atoms with Gasteiger partial charge in [-0.1, -0.05) is 43.3 Å². The molecule has 1 N–H and O–H groups in total. The molecule has 0 radical (unpaired) electrons. The molecule has 1 aliphatic heterocycles. The van der Waals surface area contributed by atoms with Gasteiger partial charge in [0.25, 0.3) is 0 Å². The number of hydrogen-bond donors (Lipinski definition) is 1. The van der Waals surface area contributed by atoms with Gasteiger partial charge in [0, 0.05) is 26.2 Å². The average molecular weight is 464 g/mol. The van der Waals surface area contributed by atoms with E-state index in [1.165, 1.54) is 23.8 Å². The molecule has 2 aromatic carbocycles. The highest BCUT2D eigenvalue weighted by Gasteiger charge is 2.32. The summed E-state index contributed by atoms with van der Waals surface area (Å²) < 4.78 is 45.4. The molecule has 1 atom stereocenters. The summed E-state index contributed by atoms with van der Waals surface area (Å²) in [4.78, 5) is 15.2. The number of morpholine rings is 1. The van der Waals surface area contributed by atoms with E-state index in [9.17, 15) is 17.6 Å². The molecule has 0 saturated carbocycles. The highest BCUT2D eigenvalue weighted by molar-refractivity contribution is 7.92. The lowest BCUT2D eigenvalue weighted by Crippen LogP contribution is -2.49. The number of ether oxygens (including phenoxy) is 1. The molecule has 32 heavy (non-hydrogen) atoms. The predicted octanol–water partition coefficient (Wildman–Crippen LogP) is 2.52. The molecule has 9 heteroatoms. The van der Waals surface area contributed by atoms with Gasteiger partial charge in [-0.15, -0.1) is 0 Å². The Morgan fingerprint density at radius 3 is 2.34 bits per heavy atom. The van der Waals surface area contributed by atoms with E-state index in [0.717, 1.165) is 49.0 Å². The number of nitrogens with one attached hydrogen (secondary N) is 1. The molecule has 1 fully saturated rings. The van der Waals surface area contributed by atoms with Crippen LogP contribution in [0.4, 0.5) is 10.1 Å². The largest absolute Gasteiger partial charge is 0.379 e. The highest BCUT2D eigenvalue weighted by atomic mass is 32.2. The topological polar surface area (TPSA) is 79.0 Å². The lowest BCUT2D eigenvalue weighted by Gasteiger charge is -2.30. The molecule has 0 aliphatic carbocycles. The summed E-state index contributed by atoms with van der Waals surface area (Å²) in [6.45, 7) is 6.12. The normalized spacial score (nSPS) is 15.8. The van der Waals surface area contributed by atoms with Crippen molar-refractivity contribution in [3.05, 3.63) is 65.5 Å². The molecular formula is C23H30FN3O4S. The number of sulfonamides is 1. The van der Waals surface area contributed by atoms with Crippen molar-refractivity contribution in [2.45, 2.75) is 32.5 Å². The van der Waals surface area contributed by atoms with Gasteiger partial charge in [-0.05, 0) is 29.7 Å². The van der Waals surface area contributed by atoms with Crippen molar-refractivity contribution in [2.75, 3.05) is 36.9 Å². The molecule has 0 spiro atoms. The number of halogens is 1. The maximum Gasteiger partial charge on any atom is 0.244 e. The zero-order valence-electron chi connectivity index (χ0n) is 18.5. The van der Waals surface area contributed by atoms with E-state index in [1.54, 1.807) is 13.0 Å². The third-order valence-electron chi connectivity index (χ3n) is 5.42. The molecule has 0 unspecified atom stereocenters. The van der Waals surface area contributed by atoms with Gasteiger partial charge in [0.2, 0.25) is 15.9 Å². The summed E-state index contributed by atoms with van der Waals surface area (Å²) in [5, 5.41) is 2.80. The molecule has 0 bridgehead atoms. The van der Waals surface area contributed by atoms with Crippen molar-refractivity contribution in [1.29, 1.82) is 0 Å². The fourth-order valence-electron chi connectivity index (χ4n) is 3.75. The Hall–Kier alpha value is -2.49. The number of anilines is 1. The van der Waals surface area contributed by atoms with E-state index in [0.29, 0.717) is 0 Å². The van der Waals surface area contributed by atoms with Crippen molar-refractivity contribution in [3.8, 4) is 0 Å². The van der Waals surface area contributed by atoms with Crippen LogP contribution in [0.2, 0.25) is 0 Å². The van der Waals surface area contributed by atoms with Crippen LogP contribution in [-0.4, -0.2) is 57.8 Å². The molecule has 0 aromatic heterocycles. The first kappa shape index (κ1) is 24.2. The third kappa shape index (κ3) is 6.27. The van der Waals surface area contributed by atoms with Gasteiger partial charge in [0.05, 0.1) is 25.2 Å². The molecule has 7 nitrogen and oxygen atoms in total. The quantitative estimate of drug-likeness (QED) is 0.618. The maximum atomic E-state index is 14.3. The first-order valence-electron chi connectivity index (χ1n) is 10.7. The van der Waals surface area contributed by atoms with Crippen LogP contribution in [0.25, 0.3) is 0 Å². The number of benzene rings is 2. The van der Waals surface area contributed by atoms with Gasteiger partial charge >= 0.3 is 0 Å². The van der Waals surface area contributed by atoms with E-state index in [4.69, 9.17) is 4.74 Å². The molecule has 1 heterocycles. The SMILES string of the molecule is CC[C@@H](C(=O)NCc1ccc(CN2CCOCC2)cc1)N(c1ccccc1F)S(C)(=O)=O. The fourth-order valence-corrected chi connectivity index (χ4v) is 4.97. The first-order chi connectivity index (χ1) is 15.3. The van der Waals surface area contributed by atoms with E-state index in [2.05, 4.69) is 10.2 Å². The number of carbonyl (C=O) groups excluding carboxylic acids is 1. The Labute approximate surface area is 189 Å². The van der Waals surface area contributed by atoms with E-state index in [1.807, 2.05) is 24.3 Å². The van der Waals surface area contributed by atoms with Crippen LogP contribution in [0.1, 0.15) is 24.5 Å². The van der Waals surface area contributed by atoms with Crippen LogP contribution in [0.5, 0.6) is 0 Å². The van der Waals surface area contributed by atoms with Crippen molar-refractivity contribution < 1.29 is 22.3 Å². The van der Waals surface area contributed by atoms with E-state index >= 15 is 0 Å². The predicted molar refractivity (Wildman–Crippen MR) is 122 cm³/mol. The molecule has 174 valence electrons. The van der Waals surface area contributed by atoms with Crippen LogP contribution >= 0.6 is 0 Å².